The molecular formula is C23H19NO5. The predicted molar refractivity (Wildman–Crippen MR) is 105 cm³/mol. The van der Waals surface area contributed by atoms with E-state index < -0.39 is 23.8 Å². The minimum Gasteiger partial charge on any atom is -0.464 e. The van der Waals surface area contributed by atoms with E-state index in [1.165, 1.54) is 0 Å². The molecule has 6 nitrogen and oxygen atoms in total. The van der Waals surface area contributed by atoms with Crippen LogP contribution in [-0.2, 0) is 16.0 Å². The first kappa shape index (κ1) is 18.7. The second-order valence-electron chi connectivity index (χ2n) is 6.67. The van der Waals surface area contributed by atoms with E-state index in [2.05, 4.69) is 0 Å². The van der Waals surface area contributed by atoms with Crippen LogP contribution in [0.4, 0.5) is 0 Å². The molecule has 1 unspecified atom stereocenters. The van der Waals surface area contributed by atoms with Crippen molar-refractivity contribution in [2.75, 3.05) is 6.61 Å². The van der Waals surface area contributed by atoms with Crippen molar-refractivity contribution in [3.8, 4) is 11.3 Å². The maximum absolute atomic E-state index is 12.8. The fourth-order valence-electron chi connectivity index (χ4n) is 3.48. The first-order valence-electron chi connectivity index (χ1n) is 9.36. The molecule has 1 atom stereocenters. The van der Waals surface area contributed by atoms with Gasteiger partial charge in [-0.05, 0) is 36.8 Å². The summed E-state index contributed by atoms with van der Waals surface area (Å²) in [5.41, 5.74) is 2.31. The molecule has 0 saturated heterocycles. The van der Waals surface area contributed by atoms with Gasteiger partial charge in [0.1, 0.15) is 11.8 Å². The second-order valence-corrected chi connectivity index (χ2v) is 6.67. The Labute approximate surface area is 167 Å². The quantitative estimate of drug-likeness (QED) is 0.474. The van der Waals surface area contributed by atoms with Crippen molar-refractivity contribution in [2.45, 2.75) is 19.4 Å². The molecule has 6 heteroatoms. The zero-order chi connectivity index (χ0) is 20.4. The first-order chi connectivity index (χ1) is 14.1. The average Bonchev–Trinajstić information content (AvgIpc) is 3.36. The molecule has 0 aliphatic carbocycles. The van der Waals surface area contributed by atoms with Crippen LogP contribution in [-0.4, -0.2) is 35.3 Å². The summed E-state index contributed by atoms with van der Waals surface area (Å²) in [6.07, 6.45) is 1.77. The Morgan fingerprint density at radius 1 is 0.966 bits per heavy atom. The molecule has 146 valence electrons. The van der Waals surface area contributed by atoms with Crippen LogP contribution in [0.1, 0.15) is 33.2 Å². The number of furan rings is 1. The number of benzene rings is 2. The number of rotatable bonds is 6. The van der Waals surface area contributed by atoms with Gasteiger partial charge in [-0.2, -0.15) is 0 Å². The monoisotopic (exact) mass is 389 g/mol. The number of fused-ring (bicyclic) bond motifs is 1. The van der Waals surface area contributed by atoms with E-state index >= 15 is 0 Å². The highest BCUT2D eigenvalue weighted by Crippen LogP contribution is 2.27. The van der Waals surface area contributed by atoms with E-state index in [1.807, 2.05) is 36.4 Å². The number of hydrogen-bond donors (Lipinski definition) is 0. The zero-order valence-electron chi connectivity index (χ0n) is 15.8. The molecule has 0 radical (unpaired) electrons. The molecule has 0 saturated carbocycles. The van der Waals surface area contributed by atoms with Crippen LogP contribution in [0.3, 0.4) is 0 Å². The average molecular weight is 389 g/mol. The fourth-order valence-corrected chi connectivity index (χ4v) is 3.48. The third-order valence-corrected chi connectivity index (χ3v) is 4.88. The van der Waals surface area contributed by atoms with Gasteiger partial charge >= 0.3 is 5.97 Å². The summed E-state index contributed by atoms with van der Waals surface area (Å²) in [5.74, 6) is -0.817. The predicted octanol–water partition coefficient (Wildman–Crippen LogP) is 3.72. The van der Waals surface area contributed by atoms with Crippen LogP contribution < -0.4 is 0 Å². The summed E-state index contributed by atoms with van der Waals surface area (Å²) in [4.78, 5) is 39.3. The van der Waals surface area contributed by atoms with E-state index in [4.69, 9.17) is 9.15 Å². The molecule has 0 bridgehead atoms. The van der Waals surface area contributed by atoms with E-state index in [-0.39, 0.29) is 13.0 Å². The van der Waals surface area contributed by atoms with Gasteiger partial charge in [0.25, 0.3) is 11.8 Å². The maximum Gasteiger partial charge on any atom is 0.329 e. The first-order valence-corrected chi connectivity index (χ1v) is 9.36. The van der Waals surface area contributed by atoms with Crippen molar-refractivity contribution in [2.24, 2.45) is 0 Å². The molecule has 3 aromatic rings. The number of carbonyl (C=O) groups is 3. The molecule has 2 heterocycles. The molecule has 0 N–H and O–H groups in total. The van der Waals surface area contributed by atoms with Crippen LogP contribution in [0.2, 0.25) is 0 Å². The zero-order valence-corrected chi connectivity index (χ0v) is 15.8. The van der Waals surface area contributed by atoms with Gasteiger partial charge in [-0.25, -0.2) is 4.79 Å². The van der Waals surface area contributed by atoms with Crippen molar-refractivity contribution in [1.29, 1.82) is 0 Å². The topological polar surface area (TPSA) is 76.8 Å². The number of imide groups is 1. The summed E-state index contributed by atoms with van der Waals surface area (Å²) in [6.45, 7) is 1.85. The molecule has 1 aliphatic rings. The lowest BCUT2D eigenvalue weighted by molar-refractivity contribution is -0.147. The Morgan fingerprint density at radius 2 is 1.62 bits per heavy atom. The van der Waals surface area contributed by atoms with Crippen molar-refractivity contribution in [3.05, 3.63) is 83.6 Å². The molecule has 1 aromatic heterocycles. The van der Waals surface area contributed by atoms with Crippen LogP contribution in [0.15, 0.2) is 71.3 Å². The summed E-state index contributed by atoms with van der Waals surface area (Å²) in [5, 5.41) is 0. The van der Waals surface area contributed by atoms with E-state index in [0.717, 1.165) is 21.8 Å². The Kier molecular flexibility index (Phi) is 4.99. The lowest BCUT2D eigenvalue weighted by atomic mass is 10.0. The highest BCUT2D eigenvalue weighted by molar-refractivity contribution is 6.22. The minimum atomic E-state index is -1.03. The number of hydrogen-bond acceptors (Lipinski definition) is 5. The maximum atomic E-state index is 12.8. The van der Waals surface area contributed by atoms with Crippen molar-refractivity contribution >= 4 is 17.8 Å². The lowest BCUT2D eigenvalue weighted by Crippen LogP contribution is -2.47. The highest BCUT2D eigenvalue weighted by Gasteiger charge is 2.43. The van der Waals surface area contributed by atoms with Gasteiger partial charge < -0.3 is 9.15 Å². The summed E-state index contributed by atoms with van der Waals surface area (Å²) in [6, 6.07) is 16.7. The van der Waals surface area contributed by atoms with Gasteiger partial charge in [0.05, 0.1) is 24.0 Å². The molecule has 0 spiro atoms. The Balaban J connectivity index is 1.62. The number of nitrogens with zero attached hydrogens (tertiary/aromatic N) is 1. The smallest absolute Gasteiger partial charge is 0.329 e. The van der Waals surface area contributed by atoms with E-state index in [1.54, 1.807) is 37.5 Å². The van der Waals surface area contributed by atoms with Gasteiger partial charge in [0.2, 0.25) is 0 Å². The standard InChI is InChI=1S/C23H19NO5/c1-2-28-23(27)19(24-21(25)17-6-3-4-7-18(17)22(24)26)14-15-9-11-16(12-10-15)20-8-5-13-29-20/h3-13,19H,2,14H2,1H3. The normalized spacial score (nSPS) is 14.0. The van der Waals surface area contributed by atoms with Crippen molar-refractivity contribution < 1.29 is 23.5 Å². The van der Waals surface area contributed by atoms with Crippen LogP contribution in [0.5, 0.6) is 0 Å². The Bertz CT molecular complexity index is 1020. The summed E-state index contributed by atoms with van der Waals surface area (Å²) >= 11 is 0. The fraction of sp³-hybridized carbons (Fsp3) is 0.174. The molecule has 1 aliphatic heterocycles. The number of amides is 2. The van der Waals surface area contributed by atoms with Crippen LogP contribution in [0, 0.1) is 0 Å². The van der Waals surface area contributed by atoms with Gasteiger partial charge in [-0.1, -0.05) is 36.4 Å². The van der Waals surface area contributed by atoms with Gasteiger partial charge in [0.15, 0.2) is 0 Å². The molecule has 2 amide bonds. The largest absolute Gasteiger partial charge is 0.464 e. The number of ether oxygens (including phenoxy) is 1. The van der Waals surface area contributed by atoms with Gasteiger partial charge in [-0.15, -0.1) is 0 Å². The highest BCUT2D eigenvalue weighted by atomic mass is 16.5. The number of esters is 1. The van der Waals surface area contributed by atoms with E-state index in [9.17, 15) is 14.4 Å². The van der Waals surface area contributed by atoms with Crippen molar-refractivity contribution in [3.63, 3.8) is 0 Å². The van der Waals surface area contributed by atoms with Crippen LogP contribution in [0.25, 0.3) is 11.3 Å². The summed E-state index contributed by atoms with van der Waals surface area (Å²) in [7, 11) is 0. The van der Waals surface area contributed by atoms with Gasteiger partial charge in [0, 0.05) is 12.0 Å². The van der Waals surface area contributed by atoms with E-state index in [0.29, 0.717) is 11.1 Å². The Morgan fingerprint density at radius 3 is 2.17 bits per heavy atom. The lowest BCUT2D eigenvalue weighted by Gasteiger charge is -2.24. The number of carbonyl (C=O) groups excluding carboxylic acids is 3. The third kappa shape index (κ3) is 3.45. The van der Waals surface area contributed by atoms with Crippen LogP contribution >= 0.6 is 0 Å². The van der Waals surface area contributed by atoms with Crippen molar-refractivity contribution in [1.82, 2.24) is 4.90 Å². The molecule has 4 rings (SSSR count). The third-order valence-electron chi connectivity index (χ3n) is 4.88. The molecule has 29 heavy (non-hydrogen) atoms. The molecule has 2 aromatic carbocycles. The molecule has 0 fully saturated rings. The molecular weight excluding hydrogens is 370 g/mol. The Hall–Kier alpha value is -3.67. The minimum absolute atomic E-state index is 0.163. The van der Waals surface area contributed by atoms with Gasteiger partial charge in [-0.3, -0.25) is 14.5 Å². The second kappa shape index (κ2) is 7.75. The summed E-state index contributed by atoms with van der Waals surface area (Å²) < 4.78 is 10.6. The SMILES string of the molecule is CCOC(=O)C(Cc1ccc(-c2ccco2)cc1)N1C(=O)c2ccccc2C1=O.